The molecule has 2 rings (SSSR count). The monoisotopic (exact) mass is 364 g/mol. The Kier molecular flexibility index (Phi) is 7.82. The lowest BCUT2D eigenvalue weighted by molar-refractivity contribution is 0.188. The number of hydrogen-bond donors (Lipinski definition) is 2. The number of rotatable bonds is 9. The molecule has 0 fully saturated rings. The van der Waals surface area contributed by atoms with Crippen molar-refractivity contribution in [1.82, 2.24) is 10.6 Å². The van der Waals surface area contributed by atoms with Crippen molar-refractivity contribution < 1.29 is 0 Å². The average molecular weight is 365 g/mol. The van der Waals surface area contributed by atoms with Crippen molar-refractivity contribution in [2.24, 2.45) is 5.41 Å². The lowest BCUT2D eigenvalue weighted by Crippen LogP contribution is -2.55. The molecule has 0 saturated heterocycles. The summed E-state index contributed by atoms with van der Waals surface area (Å²) in [6, 6.07) is 22.5. The first-order valence-corrected chi connectivity index (χ1v) is 10.1. The molecule has 0 aliphatic heterocycles. The summed E-state index contributed by atoms with van der Waals surface area (Å²) in [5, 5.41) is 7.77. The van der Waals surface area contributed by atoms with Crippen LogP contribution in [0.1, 0.15) is 64.3 Å². The van der Waals surface area contributed by atoms with E-state index in [1.807, 2.05) is 6.08 Å². The highest BCUT2D eigenvalue weighted by Gasteiger charge is 2.33. The maximum absolute atomic E-state index is 4.01. The van der Waals surface area contributed by atoms with Crippen molar-refractivity contribution in [3.05, 3.63) is 84.4 Å². The van der Waals surface area contributed by atoms with Gasteiger partial charge in [-0.3, -0.25) is 0 Å². The van der Waals surface area contributed by atoms with Gasteiger partial charge >= 0.3 is 0 Å². The predicted octanol–water partition coefficient (Wildman–Crippen LogP) is 6.05. The third kappa shape index (κ3) is 6.34. The first kappa shape index (κ1) is 21.4. The van der Waals surface area contributed by atoms with Crippen LogP contribution in [0, 0.1) is 5.41 Å². The van der Waals surface area contributed by atoms with E-state index in [2.05, 4.69) is 112 Å². The maximum Gasteiger partial charge on any atom is 0.0295 e. The van der Waals surface area contributed by atoms with Gasteiger partial charge in [-0.2, -0.15) is 0 Å². The molecule has 0 bridgehead atoms. The topological polar surface area (TPSA) is 24.1 Å². The molecule has 0 aromatic heterocycles. The van der Waals surface area contributed by atoms with Crippen molar-refractivity contribution in [2.75, 3.05) is 0 Å². The second-order valence-corrected chi connectivity index (χ2v) is 8.57. The summed E-state index contributed by atoms with van der Waals surface area (Å²) in [7, 11) is 0. The molecule has 0 spiro atoms. The molecule has 2 heteroatoms. The molecule has 0 radical (unpaired) electrons. The second kappa shape index (κ2) is 9.87. The van der Waals surface area contributed by atoms with Gasteiger partial charge in [0, 0.05) is 24.2 Å². The van der Waals surface area contributed by atoms with E-state index >= 15 is 0 Å². The Labute approximate surface area is 166 Å². The zero-order valence-corrected chi connectivity index (χ0v) is 17.6. The summed E-state index contributed by atoms with van der Waals surface area (Å²) in [5.41, 5.74) is 2.75. The van der Waals surface area contributed by atoms with Crippen LogP contribution >= 0.6 is 0 Å². The fourth-order valence-corrected chi connectivity index (χ4v) is 3.72. The Morgan fingerprint density at radius 3 is 1.67 bits per heavy atom. The zero-order chi connectivity index (χ0) is 19.9. The largest absolute Gasteiger partial charge is 0.306 e. The molecule has 0 heterocycles. The van der Waals surface area contributed by atoms with Gasteiger partial charge in [-0.25, -0.2) is 0 Å². The van der Waals surface area contributed by atoms with Crippen LogP contribution in [-0.2, 0) is 0 Å². The molecule has 0 saturated carbocycles. The Morgan fingerprint density at radius 1 is 0.815 bits per heavy atom. The van der Waals surface area contributed by atoms with Gasteiger partial charge in [-0.15, -0.1) is 6.58 Å². The number of nitrogens with one attached hydrogen (secondary N) is 2. The minimum absolute atomic E-state index is 0.111. The lowest BCUT2D eigenvalue weighted by atomic mass is 9.80. The maximum atomic E-state index is 4.01. The van der Waals surface area contributed by atoms with Crippen molar-refractivity contribution in [3.8, 4) is 0 Å². The van der Waals surface area contributed by atoms with Crippen LogP contribution in [0.15, 0.2) is 73.3 Å². The van der Waals surface area contributed by atoms with Crippen LogP contribution in [0.3, 0.4) is 0 Å². The van der Waals surface area contributed by atoms with E-state index < -0.39 is 0 Å². The Bertz CT molecular complexity index is 672. The van der Waals surface area contributed by atoms with Crippen molar-refractivity contribution in [2.45, 2.75) is 65.2 Å². The molecular formula is C25H36N2. The summed E-state index contributed by atoms with van der Waals surface area (Å²) in [6.45, 7) is 15.4. The van der Waals surface area contributed by atoms with Gasteiger partial charge in [0.25, 0.3) is 0 Å². The Morgan fingerprint density at radius 2 is 1.26 bits per heavy atom. The minimum atomic E-state index is 0.111. The highest BCUT2D eigenvalue weighted by Crippen LogP contribution is 2.28. The van der Waals surface area contributed by atoms with Gasteiger partial charge in [0.2, 0.25) is 0 Å². The summed E-state index contributed by atoms with van der Waals surface area (Å²) < 4.78 is 0. The summed E-state index contributed by atoms with van der Waals surface area (Å²) in [4.78, 5) is 0. The second-order valence-electron chi connectivity index (χ2n) is 8.57. The fraction of sp³-hybridized carbons (Fsp3) is 0.440. The normalized spacial score (nSPS) is 16.3. The van der Waals surface area contributed by atoms with Crippen LogP contribution in [0.25, 0.3) is 0 Å². The van der Waals surface area contributed by atoms with Gasteiger partial charge < -0.3 is 10.6 Å². The minimum Gasteiger partial charge on any atom is -0.306 e. The molecule has 2 N–H and O–H groups in total. The van der Waals surface area contributed by atoms with E-state index in [-0.39, 0.29) is 17.5 Å². The zero-order valence-electron chi connectivity index (χ0n) is 17.6. The van der Waals surface area contributed by atoms with E-state index in [9.17, 15) is 0 Å². The SMILES string of the molecule is C=CC[C@@H](N[C@@H](C)c1ccccc1)[C@H](N[C@@H](C)c1ccccc1)C(C)(C)C. The van der Waals surface area contributed by atoms with E-state index in [1.165, 1.54) is 11.1 Å². The molecule has 2 aromatic carbocycles. The molecule has 0 amide bonds. The quantitative estimate of drug-likeness (QED) is 0.529. The number of benzene rings is 2. The molecule has 27 heavy (non-hydrogen) atoms. The van der Waals surface area contributed by atoms with Crippen molar-refractivity contribution >= 4 is 0 Å². The van der Waals surface area contributed by atoms with Crippen LogP contribution in [0.2, 0.25) is 0 Å². The average Bonchev–Trinajstić information content (AvgIpc) is 2.66. The van der Waals surface area contributed by atoms with E-state index in [1.54, 1.807) is 0 Å². The van der Waals surface area contributed by atoms with Gasteiger partial charge in [-0.1, -0.05) is 87.5 Å². The molecule has 2 aromatic rings. The first-order chi connectivity index (χ1) is 12.8. The third-order valence-corrected chi connectivity index (χ3v) is 5.25. The van der Waals surface area contributed by atoms with Gasteiger partial charge in [0.15, 0.2) is 0 Å². The van der Waals surface area contributed by atoms with Crippen LogP contribution in [0.5, 0.6) is 0 Å². The molecule has 2 nitrogen and oxygen atoms in total. The van der Waals surface area contributed by atoms with Crippen LogP contribution in [-0.4, -0.2) is 12.1 Å². The highest BCUT2D eigenvalue weighted by atomic mass is 15.1. The third-order valence-electron chi connectivity index (χ3n) is 5.25. The van der Waals surface area contributed by atoms with E-state index in [4.69, 9.17) is 0 Å². The molecule has 0 aliphatic rings. The smallest absolute Gasteiger partial charge is 0.0295 e. The van der Waals surface area contributed by atoms with Crippen molar-refractivity contribution in [3.63, 3.8) is 0 Å². The Hall–Kier alpha value is -1.90. The number of hydrogen-bond acceptors (Lipinski definition) is 2. The molecule has 0 aliphatic carbocycles. The van der Waals surface area contributed by atoms with E-state index in [0.717, 1.165) is 6.42 Å². The predicted molar refractivity (Wildman–Crippen MR) is 118 cm³/mol. The van der Waals surface area contributed by atoms with Crippen molar-refractivity contribution in [1.29, 1.82) is 0 Å². The highest BCUT2D eigenvalue weighted by molar-refractivity contribution is 5.20. The van der Waals surface area contributed by atoms with E-state index in [0.29, 0.717) is 12.1 Å². The summed E-state index contributed by atoms with van der Waals surface area (Å²) in [6.07, 6.45) is 2.95. The van der Waals surface area contributed by atoms with Gasteiger partial charge in [0.05, 0.1) is 0 Å². The van der Waals surface area contributed by atoms with Crippen LogP contribution in [0.4, 0.5) is 0 Å². The van der Waals surface area contributed by atoms with Gasteiger partial charge in [0.1, 0.15) is 0 Å². The van der Waals surface area contributed by atoms with Crippen LogP contribution < -0.4 is 10.6 Å². The standard InChI is InChI=1S/C25H36N2/c1-7-14-23(26-19(2)21-15-10-8-11-16-21)24(25(4,5)6)27-20(3)22-17-12-9-13-18-22/h7-13,15-20,23-24,26-27H,1,14H2,2-6H3/t19-,20-,23+,24-/m0/s1. The molecule has 0 unspecified atom stereocenters. The summed E-state index contributed by atoms with van der Waals surface area (Å²) in [5.74, 6) is 0. The first-order valence-electron chi connectivity index (χ1n) is 10.1. The lowest BCUT2D eigenvalue weighted by Gasteiger charge is -2.41. The Balaban J connectivity index is 2.20. The molecule has 4 atom stereocenters. The molecule has 146 valence electrons. The molecular weight excluding hydrogens is 328 g/mol. The fourth-order valence-electron chi connectivity index (χ4n) is 3.72. The summed E-state index contributed by atoms with van der Waals surface area (Å²) >= 11 is 0. The van der Waals surface area contributed by atoms with Gasteiger partial charge in [-0.05, 0) is 36.8 Å².